The Hall–Kier alpha value is -3.05. The molecule has 2 aliphatic rings. The molecule has 1 aromatic carbocycles. The molecule has 178 valence electrons. The van der Waals surface area contributed by atoms with Crippen LogP contribution in [0.3, 0.4) is 0 Å². The van der Waals surface area contributed by atoms with Gasteiger partial charge in [0, 0.05) is 39.3 Å². The fraction of sp³-hybridized carbons (Fsp3) is 0.455. The second-order valence-corrected chi connectivity index (χ2v) is 10.4. The van der Waals surface area contributed by atoms with E-state index in [0.717, 1.165) is 0 Å². The molecule has 11 heteroatoms. The molecule has 0 unspecified atom stereocenters. The Bertz CT molecular complexity index is 1150. The van der Waals surface area contributed by atoms with Crippen molar-refractivity contribution in [2.45, 2.75) is 23.8 Å². The topological polar surface area (TPSA) is 124 Å². The van der Waals surface area contributed by atoms with Crippen LogP contribution in [0.1, 0.15) is 23.3 Å². The van der Waals surface area contributed by atoms with Crippen LogP contribution in [0.25, 0.3) is 0 Å². The van der Waals surface area contributed by atoms with Crippen molar-refractivity contribution in [3.05, 3.63) is 42.2 Å². The zero-order chi connectivity index (χ0) is 23.8. The molecule has 2 aromatic rings. The van der Waals surface area contributed by atoms with E-state index in [0.29, 0.717) is 37.5 Å². The summed E-state index contributed by atoms with van der Waals surface area (Å²) in [6.45, 7) is 1.19. The fourth-order valence-corrected chi connectivity index (χ4v) is 5.81. The summed E-state index contributed by atoms with van der Waals surface area (Å²) in [7, 11) is -0.479. The number of rotatable bonds is 6. The smallest absolute Gasteiger partial charge is 0.265 e. The first-order valence-corrected chi connectivity index (χ1v) is 12.2. The van der Waals surface area contributed by atoms with Gasteiger partial charge in [-0.3, -0.25) is 9.59 Å². The molecule has 0 aliphatic carbocycles. The Labute approximate surface area is 192 Å². The number of fused-ring (bicyclic) bond motifs is 1. The maximum atomic E-state index is 13.0. The highest BCUT2D eigenvalue weighted by Gasteiger charge is 2.35. The van der Waals surface area contributed by atoms with Crippen LogP contribution in [-0.2, 0) is 21.9 Å². The summed E-state index contributed by atoms with van der Waals surface area (Å²) in [4.78, 5) is 26.1. The molecule has 2 aliphatic heterocycles. The molecule has 0 bridgehead atoms. The van der Waals surface area contributed by atoms with Gasteiger partial charge in [-0.2, -0.15) is 4.31 Å². The number of sulfonamides is 1. The lowest BCUT2D eigenvalue weighted by molar-refractivity contribution is -0.136. The molecule has 1 aromatic heterocycles. The second kappa shape index (κ2) is 9.06. The van der Waals surface area contributed by atoms with E-state index in [4.69, 9.17) is 15.2 Å². The molecule has 1 atom stereocenters. The molecule has 33 heavy (non-hydrogen) atoms. The number of aromatic nitrogens is 1. The lowest BCUT2D eigenvalue weighted by atomic mass is 9.96. The predicted octanol–water partition coefficient (Wildman–Crippen LogP) is 0.823. The Balaban J connectivity index is 1.33. The number of carbonyl (C=O) groups excluding carboxylic acids is 2. The Morgan fingerprint density at radius 3 is 2.48 bits per heavy atom. The number of nitrogens with zero attached hydrogens (tertiary/aromatic N) is 3. The highest BCUT2D eigenvalue weighted by atomic mass is 32.2. The van der Waals surface area contributed by atoms with Crippen LogP contribution in [0.5, 0.6) is 11.5 Å². The van der Waals surface area contributed by atoms with Gasteiger partial charge in [0.25, 0.3) is 5.91 Å². The number of carbonyl (C=O) groups is 2. The summed E-state index contributed by atoms with van der Waals surface area (Å²) in [5.74, 6) is 0.355. The summed E-state index contributed by atoms with van der Waals surface area (Å²) in [6.07, 6.45) is 1.95. The number of aryl methyl sites for hydroxylation is 1. The molecule has 10 nitrogen and oxygen atoms in total. The third-order valence-corrected chi connectivity index (χ3v) is 7.96. The summed E-state index contributed by atoms with van der Waals surface area (Å²) in [6, 6.07) is 8.70. The number of likely N-dealkylation sites (N-methyl/N-ethyl adjacent to an activating group) is 1. The van der Waals surface area contributed by atoms with Crippen molar-refractivity contribution < 1.29 is 27.5 Å². The lowest BCUT2D eigenvalue weighted by Gasteiger charge is -2.34. The third kappa shape index (κ3) is 4.69. The molecule has 0 spiro atoms. The average Bonchev–Trinajstić information content (AvgIpc) is 3.21. The first-order valence-electron chi connectivity index (χ1n) is 10.8. The van der Waals surface area contributed by atoms with E-state index < -0.39 is 15.9 Å². The fourth-order valence-electron chi connectivity index (χ4n) is 4.27. The van der Waals surface area contributed by atoms with Gasteiger partial charge in [0.2, 0.25) is 15.9 Å². The monoisotopic (exact) mass is 476 g/mol. The maximum absolute atomic E-state index is 13.0. The van der Waals surface area contributed by atoms with Gasteiger partial charge < -0.3 is 24.7 Å². The van der Waals surface area contributed by atoms with E-state index in [1.54, 1.807) is 19.0 Å². The first kappa shape index (κ1) is 23.1. The van der Waals surface area contributed by atoms with Crippen molar-refractivity contribution in [3.63, 3.8) is 0 Å². The zero-order valence-electron chi connectivity index (χ0n) is 18.6. The number of nitrogens with two attached hydrogens (primary N) is 1. The summed E-state index contributed by atoms with van der Waals surface area (Å²) < 4.78 is 40.4. The standard InChI is InChI=1S/C22H28N4O6S/c1-24-13-17(11-18(24)21(23)27)33(29,30)26-9-7-15(8-10-26)22(28)25(2)12-16-14-31-19-5-3-4-6-20(19)32-16/h3-6,11,13,15-16H,7-10,12,14H2,1-2H3,(H2,23,27)/t16-/m1/s1. The van der Waals surface area contributed by atoms with Gasteiger partial charge >= 0.3 is 0 Å². The number of benzene rings is 1. The number of primary amides is 1. The van der Waals surface area contributed by atoms with E-state index in [9.17, 15) is 18.0 Å². The molecular weight excluding hydrogens is 448 g/mol. The molecule has 1 saturated heterocycles. The predicted molar refractivity (Wildman–Crippen MR) is 119 cm³/mol. The summed E-state index contributed by atoms with van der Waals surface area (Å²) >= 11 is 0. The molecule has 2 N–H and O–H groups in total. The molecule has 3 heterocycles. The normalized spacial score (nSPS) is 19.3. The van der Waals surface area contributed by atoms with E-state index in [1.165, 1.54) is 21.1 Å². The van der Waals surface area contributed by atoms with Gasteiger partial charge in [-0.05, 0) is 31.0 Å². The molecule has 2 amide bonds. The average molecular weight is 477 g/mol. The Morgan fingerprint density at radius 1 is 1.18 bits per heavy atom. The van der Waals surface area contributed by atoms with Crippen LogP contribution >= 0.6 is 0 Å². The van der Waals surface area contributed by atoms with E-state index in [-0.39, 0.29) is 41.6 Å². The lowest BCUT2D eigenvalue weighted by Crippen LogP contribution is -2.47. The number of ether oxygens (including phenoxy) is 2. The van der Waals surface area contributed by atoms with Gasteiger partial charge in [-0.15, -0.1) is 0 Å². The van der Waals surface area contributed by atoms with Crippen LogP contribution in [-0.4, -0.2) is 73.4 Å². The second-order valence-electron chi connectivity index (χ2n) is 8.43. The Kier molecular flexibility index (Phi) is 6.35. The van der Waals surface area contributed by atoms with Crippen LogP contribution < -0.4 is 15.2 Å². The van der Waals surface area contributed by atoms with Crippen molar-refractivity contribution in [3.8, 4) is 11.5 Å². The number of piperidine rings is 1. The minimum Gasteiger partial charge on any atom is -0.486 e. The number of hydrogen-bond donors (Lipinski definition) is 1. The van der Waals surface area contributed by atoms with Crippen LogP contribution in [0.4, 0.5) is 0 Å². The van der Waals surface area contributed by atoms with E-state index in [1.807, 2.05) is 24.3 Å². The molecule has 4 rings (SSSR count). The molecule has 0 radical (unpaired) electrons. The highest BCUT2D eigenvalue weighted by molar-refractivity contribution is 7.89. The quantitative estimate of drug-likeness (QED) is 0.658. The third-order valence-electron chi connectivity index (χ3n) is 6.09. The van der Waals surface area contributed by atoms with E-state index in [2.05, 4.69) is 0 Å². The van der Waals surface area contributed by atoms with Gasteiger partial charge in [-0.25, -0.2) is 8.42 Å². The maximum Gasteiger partial charge on any atom is 0.265 e. The molecule has 0 saturated carbocycles. The van der Waals surface area contributed by atoms with Crippen LogP contribution in [0.2, 0.25) is 0 Å². The molecule has 1 fully saturated rings. The molecular formula is C22H28N4O6S. The SMILES string of the molecule is CN(C[C@@H]1COc2ccccc2O1)C(=O)C1CCN(S(=O)(=O)c2cc(C(N)=O)n(C)c2)CC1. The zero-order valence-corrected chi connectivity index (χ0v) is 19.5. The van der Waals surface area contributed by atoms with Crippen molar-refractivity contribution in [2.75, 3.05) is 33.3 Å². The van der Waals surface area contributed by atoms with Crippen LogP contribution in [0, 0.1) is 5.92 Å². The van der Waals surface area contributed by atoms with Crippen molar-refractivity contribution in [2.24, 2.45) is 18.7 Å². The van der Waals surface area contributed by atoms with Gasteiger partial charge in [0.1, 0.15) is 17.2 Å². The number of hydrogen-bond acceptors (Lipinski definition) is 6. The largest absolute Gasteiger partial charge is 0.486 e. The van der Waals surface area contributed by atoms with E-state index >= 15 is 0 Å². The highest BCUT2D eigenvalue weighted by Crippen LogP contribution is 2.31. The number of amides is 2. The van der Waals surface area contributed by atoms with Crippen LogP contribution in [0.15, 0.2) is 41.4 Å². The van der Waals surface area contributed by atoms with Gasteiger partial charge in [-0.1, -0.05) is 12.1 Å². The van der Waals surface area contributed by atoms with Gasteiger partial charge in [0.15, 0.2) is 17.6 Å². The van der Waals surface area contributed by atoms with Crippen molar-refractivity contribution in [1.82, 2.24) is 13.8 Å². The van der Waals surface area contributed by atoms with Crippen molar-refractivity contribution >= 4 is 21.8 Å². The van der Waals surface area contributed by atoms with Crippen molar-refractivity contribution in [1.29, 1.82) is 0 Å². The minimum absolute atomic E-state index is 0.0235. The summed E-state index contributed by atoms with van der Waals surface area (Å²) in [5, 5.41) is 0. The summed E-state index contributed by atoms with van der Waals surface area (Å²) in [5.41, 5.74) is 5.42. The first-order chi connectivity index (χ1) is 15.7. The minimum atomic E-state index is -3.77. The number of para-hydroxylation sites is 2. The Morgan fingerprint density at radius 2 is 1.85 bits per heavy atom. The van der Waals surface area contributed by atoms with Gasteiger partial charge in [0.05, 0.1) is 6.54 Å².